The summed E-state index contributed by atoms with van der Waals surface area (Å²) in [5.74, 6) is 1.86. The number of aromatic nitrogens is 4. The van der Waals surface area contributed by atoms with Crippen molar-refractivity contribution in [1.82, 2.24) is 19.9 Å². The van der Waals surface area contributed by atoms with Gasteiger partial charge in [0.05, 0.1) is 36.0 Å². The van der Waals surface area contributed by atoms with Crippen LogP contribution in [0, 0.1) is 44.9 Å². The van der Waals surface area contributed by atoms with Gasteiger partial charge in [0.25, 0.3) is 11.8 Å². The number of nitrogens with one attached hydrogen (secondary N) is 4. The first-order chi connectivity index (χ1) is 40.5. The molecule has 4 aromatic rings. The van der Waals surface area contributed by atoms with Gasteiger partial charge in [0.15, 0.2) is 0 Å². The minimum atomic E-state index is -0.318. The van der Waals surface area contributed by atoms with Crippen LogP contribution < -0.4 is 21.4 Å². The Hall–Kier alpha value is -7.34. The van der Waals surface area contributed by atoms with E-state index >= 15 is 0 Å². The van der Waals surface area contributed by atoms with Crippen molar-refractivity contribution in [2.75, 3.05) is 13.2 Å². The lowest BCUT2D eigenvalue weighted by Crippen LogP contribution is -2.37. The Balaban J connectivity index is 1.07. The van der Waals surface area contributed by atoms with Crippen molar-refractivity contribution in [3.8, 4) is 0 Å². The van der Waals surface area contributed by atoms with Gasteiger partial charge >= 0.3 is 0 Å². The molecular formula is C73H96N8O4. The zero-order valence-electron chi connectivity index (χ0n) is 55.0. The molecule has 8 heterocycles. The smallest absolute Gasteiger partial charge is 0.273 e. The molecule has 0 atom stereocenters. The molecule has 0 saturated carbocycles. The molecule has 12 heteroatoms. The normalized spacial score (nSPS) is 18.0. The first-order valence-corrected chi connectivity index (χ1v) is 31.7. The maximum absolute atomic E-state index is 12.6. The number of carbonyl (C=O) groups excluding carboxylic acids is 2. The van der Waals surface area contributed by atoms with Gasteiger partial charge in [-0.25, -0.2) is 20.0 Å². The van der Waals surface area contributed by atoms with E-state index in [4.69, 9.17) is 19.5 Å². The minimum absolute atomic E-state index is 0.144. The molecule has 0 aromatic carbocycles. The van der Waals surface area contributed by atoms with Crippen molar-refractivity contribution in [3.63, 3.8) is 0 Å². The van der Waals surface area contributed by atoms with Crippen LogP contribution in [0.3, 0.4) is 0 Å². The molecule has 0 unspecified atom stereocenters. The van der Waals surface area contributed by atoms with E-state index in [0.717, 1.165) is 165 Å². The summed E-state index contributed by atoms with van der Waals surface area (Å²) < 4.78 is 14.0. The maximum Gasteiger partial charge on any atom is 0.273 e. The third-order valence-corrected chi connectivity index (χ3v) is 18.3. The highest BCUT2D eigenvalue weighted by atomic mass is 16.5. The summed E-state index contributed by atoms with van der Waals surface area (Å²) in [7, 11) is 0. The first-order valence-electron chi connectivity index (χ1n) is 31.7. The molecule has 0 aliphatic carbocycles. The molecule has 452 valence electrons. The highest BCUT2D eigenvalue weighted by Crippen LogP contribution is 2.39. The molecule has 2 amide bonds. The number of hydrogen-bond acceptors (Lipinski definition) is 6. The van der Waals surface area contributed by atoms with Crippen LogP contribution in [0.15, 0.2) is 75.9 Å². The summed E-state index contributed by atoms with van der Waals surface area (Å²) in [5, 5.41) is 4.09. The van der Waals surface area contributed by atoms with Gasteiger partial charge < -0.3 is 29.4 Å². The predicted octanol–water partition coefficient (Wildman–Crippen LogP) is 13.9. The molecular weight excluding hydrogens is 1050 g/mol. The minimum Gasteiger partial charge on any atom is -0.477 e. The summed E-state index contributed by atoms with van der Waals surface area (Å²) in [6.07, 6.45) is 21.5. The molecule has 0 fully saturated rings. The standard InChI is InChI=1S/C73H96N8O4/c1-21-49-41(13)57(29-65-53(25-5)45(17)69(82)78-65)74-61(49)33-63-51(23-3)43(15)59(76-63)31-67-55(27-7)47(19)71(80-67)84-37-73(35-39(9)10,36-40(11)12)38-85-72-48(20)56(28-8)68(81-72)32-60-44(16)52(24-4)64(77-60)34-62-50(22-2)42(14)58(75-62)30-66-54(26-6)46(18)70(83)79-66/h29-34,39-40,74-77H,21-28,35-38H2,1-20H3/b57-29+,58-30+,61-33-,62-34-,67-31-,68-32+. The number of aromatic amines is 4. The Labute approximate surface area is 505 Å². The third kappa shape index (κ3) is 12.8. The molecule has 0 bridgehead atoms. The number of nitrogens with zero attached hydrogens (tertiary/aromatic N) is 4. The topological polar surface area (TPSA) is 165 Å². The summed E-state index contributed by atoms with van der Waals surface area (Å²) in [4.78, 5) is 59.6. The number of allylic oxidation sites excluding steroid dienone is 4. The van der Waals surface area contributed by atoms with Crippen LogP contribution in [-0.2, 0) is 44.7 Å². The van der Waals surface area contributed by atoms with Crippen LogP contribution in [0.25, 0.3) is 36.5 Å². The van der Waals surface area contributed by atoms with E-state index in [1.807, 2.05) is 26.0 Å². The zero-order valence-corrected chi connectivity index (χ0v) is 55.0. The van der Waals surface area contributed by atoms with Gasteiger partial charge in [0.2, 0.25) is 11.8 Å². The Morgan fingerprint density at radius 1 is 0.388 bits per heavy atom. The van der Waals surface area contributed by atoms with E-state index in [0.29, 0.717) is 36.8 Å². The average Bonchev–Trinajstić information content (AvgIpc) is 2.28. The van der Waals surface area contributed by atoms with Gasteiger partial charge in [-0.05, 0) is 235 Å². The van der Waals surface area contributed by atoms with Crippen LogP contribution in [0.5, 0.6) is 0 Å². The van der Waals surface area contributed by atoms with Gasteiger partial charge in [-0.1, -0.05) is 83.1 Å². The molecule has 0 spiro atoms. The summed E-state index contributed by atoms with van der Waals surface area (Å²) in [6.45, 7) is 44.2. The van der Waals surface area contributed by atoms with Gasteiger partial charge in [0.1, 0.15) is 0 Å². The summed E-state index contributed by atoms with van der Waals surface area (Å²) >= 11 is 0. The largest absolute Gasteiger partial charge is 0.477 e. The monoisotopic (exact) mass is 1150 g/mol. The van der Waals surface area contributed by atoms with Gasteiger partial charge in [-0.2, -0.15) is 0 Å². The van der Waals surface area contributed by atoms with Crippen molar-refractivity contribution in [2.24, 2.45) is 37.2 Å². The Kier molecular flexibility index (Phi) is 19.9. The number of rotatable bonds is 22. The molecule has 4 aliphatic heterocycles. The molecule has 0 saturated heterocycles. The lowest BCUT2D eigenvalue weighted by molar-refractivity contribution is -0.114. The van der Waals surface area contributed by atoms with Crippen molar-refractivity contribution < 1.29 is 19.1 Å². The quantitative estimate of drug-likeness (QED) is 0.0616. The van der Waals surface area contributed by atoms with E-state index in [-0.39, 0.29) is 17.2 Å². The van der Waals surface area contributed by atoms with Crippen molar-refractivity contribution in [1.29, 1.82) is 0 Å². The van der Waals surface area contributed by atoms with E-state index in [1.165, 1.54) is 55.7 Å². The molecule has 0 radical (unpaired) electrons. The van der Waals surface area contributed by atoms with Gasteiger partial charge in [-0.3, -0.25) is 9.59 Å². The van der Waals surface area contributed by atoms with Crippen LogP contribution in [0.2, 0.25) is 0 Å². The number of amides is 2. The average molecular weight is 1150 g/mol. The summed E-state index contributed by atoms with van der Waals surface area (Å²) in [5.41, 5.74) is 25.1. The molecule has 85 heavy (non-hydrogen) atoms. The van der Waals surface area contributed by atoms with Crippen molar-refractivity contribution >= 4 is 71.5 Å². The first kappa shape index (κ1) is 63.7. The van der Waals surface area contributed by atoms with Crippen LogP contribution in [-0.4, -0.2) is 68.2 Å². The Morgan fingerprint density at radius 3 is 1.06 bits per heavy atom. The number of H-pyrrole nitrogens is 4. The van der Waals surface area contributed by atoms with Crippen LogP contribution >= 0.6 is 0 Å². The molecule has 4 aromatic heterocycles. The fourth-order valence-corrected chi connectivity index (χ4v) is 13.9. The van der Waals surface area contributed by atoms with E-state index in [1.54, 1.807) is 0 Å². The second-order valence-electron chi connectivity index (χ2n) is 24.8. The molecule has 4 aliphatic rings. The Bertz CT molecular complexity index is 3680. The molecule has 4 N–H and O–H groups in total. The van der Waals surface area contributed by atoms with E-state index in [9.17, 15) is 9.59 Å². The van der Waals surface area contributed by atoms with Crippen molar-refractivity contribution in [3.05, 3.63) is 145 Å². The zero-order chi connectivity index (χ0) is 61.9. The van der Waals surface area contributed by atoms with Crippen LogP contribution in [0.1, 0.15) is 217 Å². The summed E-state index contributed by atoms with van der Waals surface area (Å²) in [6, 6.07) is 0. The lowest BCUT2D eigenvalue weighted by atomic mass is 9.75. The highest BCUT2D eigenvalue weighted by molar-refractivity contribution is 6.31. The fraction of sp³-hybridized carbons (Fsp3) is 0.479. The molecule has 8 rings (SSSR count). The lowest BCUT2D eigenvalue weighted by Gasteiger charge is -2.36. The number of ether oxygens (including phenoxy) is 2. The van der Waals surface area contributed by atoms with E-state index < -0.39 is 0 Å². The number of aliphatic imine (C=N–C) groups is 4. The third-order valence-electron chi connectivity index (χ3n) is 18.3. The predicted molar refractivity (Wildman–Crippen MR) is 355 cm³/mol. The number of carbonyl (C=O) groups is 2. The van der Waals surface area contributed by atoms with Gasteiger partial charge in [0, 0.05) is 71.9 Å². The SMILES string of the molecule is CCC1=C(C)C(=O)N=C1/C=c1/[nH]/c(=C\c2[nH]c(/C=C3\N=C(OCC(COC4=N/C(=C/c5[nH]c(/C=c6\[nH]/c(=C/C7=NC(=O)C(C)=C7CC)c(C)c6CC)c(CC)c5C)C(CC)=C4C)(CC(C)C)CC(C)C)C(C)=C3CC)c(C)c2CC)c(CC)c1C. The van der Waals surface area contributed by atoms with E-state index in [2.05, 4.69) is 179 Å². The van der Waals surface area contributed by atoms with Crippen LogP contribution in [0.4, 0.5) is 0 Å². The van der Waals surface area contributed by atoms with Crippen molar-refractivity contribution in [2.45, 2.75) is 203 Å². The highest BCUT2D eigenvalue weighted by Gasteiger charge is 2.37. The van der Waals surface area contributed by atoms with Gasteiger partial charge in [-0.15, -0.1) is 0 Å². The molecule has 12 nitrogen and oxygen atoms in total. The second-order valence-corrected chi connectivity index (χ2v) is 24.8. The second kappa shape index (κ2) is 26.5. The fourth-order valence-electron chi connectivity index (χ4n) is 13.9. The number of hydrogen-bond donors (Lipinski definition) is 4. The maximum atomic E-state index is 12.6. The Morgan fingerprint density at radius 2 is 0.741 bits per heavy atom.